The highest BCUT2D eigenvalue weighted by Crippen LogP contribution is 2.16. The van der Waals surface area contributed by atoms with E-state index < -0.39 is 0 Å². The van der Waals surface area contributed by atoms with Crippen LogP contribution in [0.3, 0.4) is 0 Å². The Bertz CT molecular complexity index is 403. The maximum Gasteiger partial charge on any atom is 0.193 e. The normalized spacial score (nSPS) is 22.6. The first kappa shape index (κ1) is 24.9. The minimum absolute atomic E-state index is 0. The lowest BCUT2D eigenvalue weighted by Crippen LogP contribution is -2.47. The van der Waals surface area contributed by atoms with Gasteiger partial charge < -0.3 is 24.6 Å². The number of methoxy groups -OCH3 is 1. The molecule has 0 aromatic carbocycles. The number of nitrogens with one attached hydrogen (secondary N) is 1. The van der Waals surface area contributed by atoms with Crippen molar-refractivity contribution < 1.29 is 9.47 Å². The monoisotopic (exact) mass is 496 g/mol. The summed E-state index contributed by atoms with van der Waals surface area (Å²) in [5, 5.41) is 3.47. The van der Waals surface area contributed by atoms with Crippen LogP contribution in [0.15, 0.2) is 4.99 Å². The van der Waals surface area contributed by atoms with E-state index >= 15 is 0 Å². The molecule has 2 aliphatic heterocycles. The van der Waals surface area contributed by atoms with Gasteiger partial charge in [0.1, 0.15) is 0 Å². The summed E-state index contributed by atoms with van der Waals surface area (Å²) in [7, 11) is 1.74. The van der Waals surface area contributed by atoms with Crippen LogP contribution in [0.1, 0.15) is 46.0 Å². The fraction of sp³-hybridized carbons (Fsp3) is 0.950. The van der Waals surface area contributed by atoms with Gasteiger partial charge in [0.15, 0.2) is 5.96 Å². The number of ether oxygens (including phenoxy) is 2. The van der Waals surface area contributed by atoms with E-state index in [1.165, 1.54) is 25.9 Å². The molecule has 1 N–H and O–H groups in total. The zero-order valence-corrected chi connectivity index (χ0v) is 20.0. The molecule has 160 valence electrons. The molecule has 2 aliphatic rings. The van der Waals surface area contributed by atoms with Gasteiger partial charge in [-0.3, -0.25) is 4.99 Å². The van der Waals surface area contributed by atoms with E-state index in [0.29, 0.717) is 6.10 Å². The van der Waals surface area contributed by atoms with Crippen LogP contribution in [0.4, 0.5) is 0 Å². The van der Waals surface area contributed by atoms with E-state index in [9.17, 15) is 0 Å². The van der Waals surface area contributed by atoms with Crippen LogP contribution in [0.25, 0.3) is 0 Å². The lowest BCUT2D eigenvalue weighted by molar-refractivity contribution is 0.00990. The van der Waals surface area contributed by atoms with Gasteiger partial charge in [0, 0.05) is 53.0 Å². The number of nitrogens with zero attached hydrogens (tertiary/aromatic N) is 3. The smallest absolute Gasteiger partial charge is 0.193 e. The molecule has 2 fully saturated rings. The maximum atomic E-state index is 5.97. The van der Waals surface area contributed by atoms with E-state index in [2.05, 4.69) is 29.0 Å². The Morgan fingerprint density at radius 1 is 1.15 bits per heavy atom. The summed E-state index contributed by atoms with van der Waals surface area (Å²) in [6.45, 7) is 13.5. The molecule has 0 aromatic rings. The summed E-state index contributed by atoms with van der Waals surface area (Å²) in [6, 6.07) is 0. The van der Waals surface area contributed by atoms with Crippen LogP contribution in [-0.2, 0) is 9.47 Å². The third-order valence-corrected chi connectivity index (χ3v) is 5.34. The summed E-state index contributed by atoms with van der Waals surface area (Å²) in [6.07, 6.45) is 6.26. The molecule has 7 heteroatoms. The second-order valence-electron chi connectivity index (χ2n) is 7.69. The summed E-state index contributed by atoms with van der Waals surface area (Å²) in [5.41, 5.74) is 0. The third-order valence-electron chi connectivity index (χ3n) is 5.34. The number of aliphatic imine (C=N–C) groups is 1. The van der Waals surface area contributed by atoms with E-state index in [-0.39, 0.29) is 24.0 Å². The van der Waals surface area contributed by atoms with Crippen LogP contribution in [0.5, 0.6) is 0 Å². The molecule has 2 rings (SSSR count). The fourth-order valence-corrected chi connectivity index (χ4v) is 3.90. The molecular formula is C20H41IN4O2. The Morgan fingerprint density at radius 3 is 2.59 bits per heavy atom. The average Bonchev–Trinajstić information content (AvgIpc) is 2.65. The Hall–Kier alpha value is -0.120. The first-order chi connectivity index (χ1) is 12.7. The number of likely N-dealkylation sites (tertiary alicyclic amines) is 2. The Labute approximate surface area is 183 Å². The van der Waals surface area contributed by atoms with Gasteiger partial charge in [-0.25, -0.2) is 0 Å². The molecule has 6 nitrogen and oxygen atoms in total. The first-order valence-electron chi connectivity index (χ1n) is 10.6. The van der Waals surface area contributed by atoms with Gasteiger partial charge in [-0.1, -0.05) is 6.92 Å². The topological polar surface area (TPSA) is 49.3 Å². The number of halogens is 1. The zero-order valence-electron chi connectivity index (χ0n) is 17.6. The predicted octanol–water partition coefficient (Wildman–Crippen LogP) is 2.82. The molecule has 0 aliphatic carbocycles. The van der Waals surface area contributed by atoms with Crippen molar-refractivity contribution >= 4 is 29.9 Å². The number of rotatable bonds is 9. The number of hydrogen-bond donors (Lipinski definition) is 1. The molecule has 1 unspecified atom stereocenters. The highest BCUT2D eigenvalue weighted by molar-refractivity contribution is 14.0. The highest BCUT2D eigenvalue weighted by atomic mass is 127. The van der Waals surface area contributed by atoms with Gasteiger partial charge in [0.05, 0.1) is 12.6 Å². The molecule has 1 atom stereocenters. The second-order valence-corrected chi connectivity index (χ2v) is 7.69. The van der Waals surface area contributed by atoms with Gasteiger partial charge in [0.2, 0.25) is 0 Å². The molecule has 27 heavy (non-hydrogen) atoms. The van der Waals surface area contributed by atoms with Gasteiger partial charge in [0.25, 0.3) is 0 Å². The lowest BCUT2D eigenvalue weighted by Gasteiger charge is -2.34. The fourth-order valence-electron chi connectivity index (χ4n) is 3.90. The van der Waals surface area contributed by atoms with Gasteiger partial charge in [-0.15, -0.1) is 24.0 Å². The molecule has 0 spiro atoms. The average molecular weight is 496 g/mol. The minimum atomic E-state index is 0. The number of guanidine groups is 1. The van der Waals surface area contributed by atoms with Gasteiger partial charge in [-0.05, 0) is 51.5 Å². The van der Waals surface area contributed by atoms with Gasteiger partial charge >= 0.3 is 0 Å². The molecule has 0 bridgehead atoms. The molecule has 0 saturated carbocycles. The lowest BCUT2D eigenvalue weighted by atomic mass is 10.0. The SMILES string of the molecule is CCNC(=NCCN1CCCC(C)C1)N1CCC(OCCCOC)CC1.I. The van der Waals surface area contributed by atoms with Crippen molar-refractivity contribution in [3.8, 4) is 0 Å². The van der Waals surface area contributed by atoms with E-state index in [4.69, 9.17) is 14.5 Å². The van der Waals surface area contributed by atoms with Crippen molar-refractivity contribution in [2.45, 2.75) is 52.1 Å². The Morgan fingerprint density at radius 2 is 1.93 bits per heavy atom. The molecule has 2 saturated heterocycles. The molecule has 0 radical (unpaired) electrons. The van der Waals surface area contributed by atoms with Crippen molar-refractivity contribution in [1.82, 2.24) is 15.1 Å². The minimum Gasteiger partial charge on any atom is -0.385 e. The predicted molar refractivity (Wildman–Crippen MR) is 123 cm³/mol. The van der Waals surface area contributed by atoms with E-state index in [0.717, 1.165) is 77.1 Å². The molecule has 0 aromatic heterocycles. The van der Waals surface area contributed by atoms with Crippen LogP contribution in [0.2, 0.25) is 0 Å². The highest BCUT2D eigenvalue weighted by Gasteiger charge is 2.22. The molecule has 0 amide bonds. The van der Waals surface area contributed by atoms with E-state index in [1.54, 1.807) is 7.11 Å². The van der Waals surface area contributed by atoms with Crippen molar-refractivity contribution in [2.24, 2.45) is 10.9 Å². The van der Waals surface area contributed by atoms with Crippen LogP contribution < -0.4 is 5.32 Å². The van der Waals surface area contributed by atoms with Crippen molar-refractivity contribution in [3.63, 3.8) is 0 Å². The van der Waals surface area contributed by atoms with E-state index in [1.807, 2.05) is 0 Å². The first-order valence-corrected chi connectivity index (χ1v) is 10.6. The summed E-state index contributed by atoms with van der Waals surface area (Å²) >= 11 is 0. The van der Waals surface area contributed by atoms with Crippen LogP contribution >= 0.6 is 24.0 Å². The van der Waals surface area contributed by atoms with Crippen molar-refractivity contribution in [1.29, 1.82) is 0 Å². The van der Waals surface area contributed by atoms with Gasteiger partial charge in [-0.2, -0.15) is 0 Å². The number of hydrogen-bond acceptors (Lipinski definition) is 4. The van der Waals surface area contributed by atoms with Crippen LogP contribution in [-0.4, -0.2) is 88.0 Å². The van der Waals surface area contributed by atoms with Crippen LogP contribution in [0, 0.1) is 5.92 Å². The quantitative estimate of drug-likeness (QED) is 0.230. The largest absolute Gasteiger partial charge is 0.385 e. The third kappa shape index (κ3) is 9.76. The van der Waals surface area contributed by atoms with Crippen molar-refractivity contribution in [3.05, 3.63) is 0 Å². The number of piperidine rings is 2. The molecular weight excluding hydrogens is 455 g/mol. The molecule has 2 heterocycles. The summed E-state index contributed by atoms with van der Waals surface area (Å²) in [5.74, 6) is 1.92. The summed E-state index contributed by atoms with van der Waals surface area (Å²) in [4.78, 5) is 9.87. The Balaban J connectivity index is 0.00000364. The Kier molecular flexibility index (Phi) is 13.7. The summed E-state index contributed by atoms with van der Waals surface area (Å²) < 4.78 is 11.0. The van der Waals surface area contributed by atoms with Crippen molar-refractivity contribution in [2.75, 3.05) is 66.1 Å². The zero-order chi connectivity index (χ0) is 18.6. The standard InChI is InChI=1S/C20H40N4O2.HI/c1-4-21-20(22-10-14-23-11-5-7-18(2)17-23)24-12-8-19(9-13-24)26-16-6-15-25-3;/h18-19H,4-17H2,1-3H3,(H,21,22);1H. The maximum absolute atomic E-state index is 5.97. The second kappa shape index (κ2) is 14.8.